The zero-order valence-electron chi connectivity index (χ0n) is 10.4. The normalized spacial score (nSPS) is 32.8. The second-order valence-corrected chi connectivity index (χ2v) is 6.44. The first-order chi connectivity index (χ1) is 6.83. The number of hydrogen-bond acceptors (Lipinski definition) is 3. The topological polar surface area (TPSA) is 30.5 Å². The first-order valence-corrected chi connectivity index (χ1v) is 5.93. The van der Waals surface area contributed by atoms with Gasteiger partial charge in [0.1, 0.15) is 5.60 Å². The lowest BCUT2D eigenvalue weighted by Crippen LogP contribution is -2.64. The van der Waals surface area contributed by atoms with Crippen molar-refractivity contribution in [2.45, 2.75) is 70.1 Å². The Bertz CT molecular complexity index is 224. The van der Waals surface area contributed by atoms with E-state index in [2.05, 4.69) is 33.0 Å². The molecule has 3 nitrogen and oxygen atoms in total. The zero-order chi connectivity index (χ0) is 11.2. The van der Waals surface area contributed by atoms with E-state index in [4.69, 9.17) is 9.78 Å². The number of nitrogens with one attached hydrogen (secondary N) is 1. The molecule has 1 N–H and O–H groups in total. The van der Waals surface area contributed by atoms with Crippen molar-refractivity contribution in [2.24, 2.45) is 0 Å². The molecule has 1 spiro atoms. The zero-order valence-corrected chi connectivity index (χ0v) is 10.4. The molecule has 0 aromatic rings. The molecule has 15 heavy (non-hydrogen) atoms. The van der Waals surface area contributed by atoms with E-state index in [0.29, 0.717) is 0 Å². The lowest BCUT2D eigenvalue weighted by molar-refractivity contribution is -0.395. The van der Waals surface area contributed by atoms with Gasteiger partial charge in [0, 0.05) is 11.1 Å². The predicted molar refractivity (Wildman–Crippen MR) is 59.5 cm³/mol. The van der Waals surface area contributed by atoms with E-state index in [1.54, 1.807) is 0 Å². The third-order valence-electron chi connectivity index (χ3n) is 3.30. The SMILES string of the molecule is CC1(C)CC2(CCCOO2)CC(C)(C)N1. The summed E-state index contributed by atoms with van der Waals surface area (Å²) in [7, 11) is 0. The van der Waals surface area contributed by atoms with Crippen molar-refractivity contribution in [1.29, 1.82) is 0 Å². The minimum Gasteiger partial charge on any atom is -0.307 e. The molecule has 0 bridgehead atoms. The monoisotopic (exact) mass is 213 g/mol. The van der Waals surface area contributed by atoms with Gasteiger partial charge in [0.25, 0.3) is 0 Å². The Morgan fingerprint density at radius 2 is 1.60 bits per heavy atom. The van der Waals surface area contributed by atoms with Crippen molar-refractivity contribution < 1.29 is 9.78 Å². The molecule has 2 heterocycles. The number of piperidine rings is 1. The van der Waals surface area contributed by atoms with Crippen molar-refractivity contribution >= 4 is 0 Å². The Balaban J connectivity index is 2.18. The van der Waals surface area contributed by atoms with Gasteiger partial charge in [-0.15, -0.1) is 0 Å². The summed E-state index contributed by atoms with van der Waals surface area (Å²) >= 11 is 0. The second-order valence-electron chi connectivity index (χ2n) is 6.44. The summed E-state index contributed by atoms with van der Waals surface area (Å²) in [6, 6.07) is 0. The molecule has 0 saturated carbocycles. The van der Waals surface area contributed by atoms with Crippen molar-refractivity contribution in [3.63, 3.8) is 0 Å². The lowest BCUT2D eigenvalue weighted by atomic mass is 9.71. The fraction of sp³-hybridized carbons (Fsp3) is 1.00. The van der Waals surface area contributed by atoms with E-state index >= 15 is 0 Å². The summed E-state index contributed by atoms with van der Waals surface area (Å²) in [5.74, 6) is 0. The third kappa shape index (κ3) is 2.52. The molecular weight excluding hydrogens is 190 g/mol. The van der Waals surface area contributed by atoms with Crippen LogP contribution in [0.25, 0.3) is 0 Å². The van der Waals surface area contributed by atoms with E-state index in [1.165, 1.54) is 0 Å². The Morgan fingerprint density at radius 3 is 2.07 bits per heavy atom. The van der Waals surface area contributed by atoms with E-state index in [1.807, 2.05) is 0 Å². The highest BCUT2D eigenvalue weighted by atomic mass is 17.2. The molecule has 2 rings (SSSR count). The number of hydrogen-bond donors (Lipinski definition) is 1. The van der Waals surface area contributed by atoms with Crippen LogP contribution in [0.4, 0.5) is 0 Å². The first-order valence-electron chi connectivity index (χ1n) is 5.93. The molecule has 0 aliphatic carbocycles. The average molecular weight is 213 g/mol. The quantitative estimate of drug-likeness (QED) is 0.627. The van der Waals surface area contributed by atoms with Gasteiger partial charge in [0.2, 0.25) is 0 Å². The Kier molecular flexibility index (Phi) is 2.61. The maximum absolute atomic E-state index is 5.64. The fourth-order valence-electron chi connectivity index (χ4n) is 3.58. The molecule has 0 radical (unpaired) electrons. The van der Waals surface area contributed by atoms with E-state index in [9.17, 15) is 0 Å². The highest BCUT2D eigenvalue weighted by Crippen LogP contribution is 2.42. The van der Waals surface area contributed by atoms with Gasteiger partial charge >= 0.3 is 0 Å². The van der Waals surface area contributed by atoms with Crippen molar-refractivity contribution in [3.8, 4) is 0 Å². The molecule has 2 fully saturated rings. The molecule has 2 aliphatic heterocycles. The van der Waals surface area contributed by atoms with Crippen LogP contribution in [0.3, 0.4) is 0 Å². The summed E-state index contributed by atoms with van der Waals surface area (Å²) < 4.78 is 0. The molecule has 3 heteroatoms. The lowest BCUT2D eigenvalue weighted by Gasteiger charge is -2.52. The van der Waals surface area contributed by atoms with Crippen molar-refractivity contribution in [1.82, 2.24) is 5.32 Å². The Morgan fingerprint density at radius 1 is 1.00 bits per heavy atom. The molecule has 0 unspecified atom stereocenters. The van der Waals surface area contributed by atoms with Gasteiger partial charge in [-0.05, 0) is 53.4 Å². The fourth-order valence-corrected chi connectivity index (χ4v) is 3.58. The molecule has 0 amide bonds. The van der Waals surface area contributed by atoms with Crippen LogP contribution < -0.4 is 5.32 Å². The van der Waals surface area contributed by atoms with E-state index in [-0.39, 0.29) is 16.7 Å². The van der Waals surface area contributed by atoms with Crippen molar-refractivity contribution in [2.75, 3.05) is 6.61 Å². The van der Waals surface area contributed by atoms with Crippen LogP contribution in [0.15, 0.2) is 0 Å². The maximum Gasteiger partial charge on any atom is 0.107 e. The van der Waals surface area contributed by atoms with Gasteiger partial charge < -0.3 is 5.32 Å². The van der Waals surface area contributed by atoms with Crippen LogP contribution in [0, 0.1) is 0 Å². The third-order valence-corrected chi connectivity index (χ3v) is 3.30. The summed E-state index contributed by atoms with van der Waals surface area (Å²) in [6.07, 6.45) is 4.31. The summed E-state index contributed by atoms with van der Waals surface area (Å²) in [5, 5.41) is 3.67. The number of rotatable bonds is 0. The second kappa shape index (κ2) is 3.44. The predicted octanol–water partition coefficient (Wildman–Crippen LogP) is 2.41. The minimum absolute atomic E-state index is 0.0590. The van der Waals surface area contributed by atoms with Crippen LogP contribution in [0.5, 0.6) is 0 Å². The Labute approximate surface area is 92.4 Å². The summed E-state index contributed by atoms with van der Waals surface area (Å²) in [5.41, 5.74) is 0.196. The van der Waals surface area contributed by atoms with E-state index in [0.717, 1.165) is 32.3 Å². The molecule has 0 aromatic heterocycles. The van der Waals surface area contributed by atoms with Crippen LogP contribution in [-0.4, -0.2) is 23.3 Å². The largest absolute Gasteiger partial charge is 0.307 e. The van der Waals surface area contributed by atoms with Gasteiger partial charge in [-0.25, -0.2) is 9.78 Å². The molecule has 0 aromatic carbocycles. The van der Waals surface area contributed by atoms with Gasteiger partial charge in [-0.2, -0.15) is 0 Å². The summed E-state index contributed by atoms with van der Waals surface area (Å²) in [4.78, 5) is 10.9. The standard InChI is InChI=1S/C12H23NO2/c1-10(2)8-12(6-5-7-14-15-12)9-11(3,4)13-10/h13H,5-9H2,1-4H3. The maximum atomic E-state index is 5.64. The average Bonchev–Trinajstić information content (AvgIpc) is 1.97. The van der Waals surface area contributed by atoms with Crippen molar-refractivity contribution in [3.05, 3.63) is 0 Å². The van der Waals surface area contributed by atoms with E-state index < -0.39 is 0 Å². The molecular formula is C12H23NO2. The highest BCUT2D eigenvalue weighted by Gasteiger charge is 2.49. The molecule has 2 aliphatic rings. The molecule has 88 valence electrons. The smallest absolute Gasteiger partial charge is 0.107 e. The van der Waals surface area contributed by atoms with Gasteiger partial charge in [0.05, 0.1) is 6.61 Å². The molecule has 2 saturated heterocycles. The van der Waals surface area contributed by atoms with Gasteiger partial charge in [-0.3, -0.25) is 0 Å². The van der Waals surface area contributed by atoms with Crippen LogP contribution in [0.2, 0.25) is 0 Å². The van der Waals surface area contributed by atoms with Crippen LogP contribution in [-0.2, 0) is 9.78 Å². The minimum atomic E-state index is -0.0590. The Hall–Kier alpha value is -0.120. The van der Waals surface area contributed by atoms with Gasteiger partial charge in [0.15, 0.2) is 0 Å². The van der Waals surface area contributed by atoms with Gasteiger partial charge in [-0.1, -0.05) is 0 Å². The summed E-state index contributed by atoms with van der Waals surface area (Å²) in [6.45, 7) is 9.72. The molecule has 0 atom stereocenters. The highest BCUT2D eigenvalue weighted by molar-refractivity contribution is 5.04. The van der Waals surface area contributed by atoms with Crippen LogP contribution in [0.1, 0.15) is 53.4 Å². The first kappa shape index (κ1) is 11.4. The van der Waals surface area contributed by atoms with Crippen LogP contribution >= 0.6 is 0 Å².